The second-order valence-corrected chi connectivity index (χ2v) is 14.1. The summed E-state index contributed by atoms with van der Waals surface area (Å²) < 4.78 is 0. The lowest BCUT2D eigenvalue weighted by Gasteiger charge is -2.40. The highest BCUT2D eigenvalue weighted by atomic mass is 35.5. The van der Waals surface area contributed by atoms with Crippen molar-refractivity contribution in [2.75, 3.05) is 13.6 Å². The summed E-state index contributed by atoms with van der Waals surface area (Å²) in [6.07, 6.45) is 10.5. The van der Waals surface area contributed by atoms with Gasteiger partial charge in [0.05, 0.1) is 23.4 Å². The van der Waals surface area contributed by atoms with E-state index in [2.05, 4.69) is 21.3 Å². The van der Waals surface area contributed by atoms with E-state index < -0.39 is 17.6 Å². The lowest BCUT2D eigenvalue weighted by Crippen LogP contribution is -2.57. The molecule has 1 aliphatic heterocycles. The monoisotopic (exact) mass is 595 g/mol. The van der Waals surface area contributed by atoms with Crippen molar-refractivity contribution in [2.45, 2.75) is 138 Å². The van der Waals surface area contributed by atoms with Gasteiger partial charge in [-0.25, -0.2) is 4.79 Å². The van der Waals surface area contributed by atoms with Crippen molar-refractivity contribution in [2.24, 2.45) is 11.8 Å². The number of nitrogens with zero attached hydrogens (tertiary/aromatic N) is 1. The van der Waals surface area contributed by atoms with E-state index in [0.717, 1.165) is 70.6 Å². The number of rotatable bonds is 9. The van der Waals surface area contributed by atoms with Crippen LogP contribution in [0, 0.1) is 11.8 Å². The third-order valence-electron chi connectivity index (χ3n) is 9.89. The number of carbonyl (C=O) groups is 4. The summed E-state index contributed by atoms with van der Waals surface area (Å²) in [5.74, 6) is -0.374. The van der Waals surface area contributed by atoms with Gasteiger partial charge in [0.2, 0.25) is 5.91 Å². The van der Waals surface area contributed by atoms with Gasteiger partial charge in [-0.1, -0.05) is 12.8 Å². The number of halogens is 1. The number of amides is 3. The third kappa shape index (κ3) is 8.80. The molecular formula is C30H50ClN5O5. The van der Waals surface area contributed by atoms with Crippen molar-refractivity contribution in [3.05, 3.63) is 0 Å². The van der Waals surface area contributed by atoms with E-state index in [0.29, 0.717) is 18.9 Å². The minimum atomic E-state index is -0.989. The Morgan fingerprint density at radius 1 is 0.976 bits per heavy atom. The molecule has 3 amide bonds. The maximum atomic E-state index is 13.4. The number of aliphatic carboxylic acids is 1. The van der Waals surface area contributed by atoms with Gasteiger partial charge in [0.1, 0.15) is 0 Å². The molecule has 4 rings (SSSR count). The minimum Gasteiger partial charge on any atom is -0.481 e. The first-order valence-corrected chi connectivity index (χ1v) is 16.1. The van der Waals surface area contributed by atoms with Crippen molar-refractivity contribution in [3.63, 3.8) is 0 Å². The minimum absolute atomic E-state index is 0.00596. The molecule has 6 unspecified atom stereocenters. The van der Waals surface area contributed by atoms with Crippen molar-refractivity contribution in [3.8, 4) is 0 Å². The quantitative estimate of drug-likeness (QED) is 0.258. The molecule has 4 fully saturated rings. The Balaban J connectivity index is 1.21. The lowest BCUT2D eigenvalue weighted by molar-refractivity contribution is -0.141. The summed E-state index contributed by atoms with van der Waals surface area (Å²) in [5.41, 5.74) is -0.678. The number of nitrogens with one attached hydrogen (secondary N) is 4. The Morgan fingerprint density at radius 2 is 1.66 bits per heavy atom. The normalized spacial score (nSPS) is 34.7. The van der Waals surface area contributed by atoms with Gasteiger partial charge in [-0.2, -0.15) is 0 Å². The number of carboxylic acid groups (broad SMARTS) is 1. The molecule has 4 aliphatic rings. The van der Waals surface area contributed by atoms with Crippen LogP contribution in [0.4, 0.5) is 4.79 Å². The number of likely N-dealkylation sites (N-methyl/N-ethyl adjacent to an activating group) is 1. The summed E-state index contributed by atoms with van der Waals surface area (Å²) >= 11 is 6.39. The van der Waals surface area contributed by atoms with Crippen LogP contribution in [0.3, 0.4) is 0 Å². The van der Waals surface area contributed by atoms with E-state index in [1.807, 2.05) is 13.8 Å². The number of hydrogen-bond donors (Lipinski definition) is 5. The van der Waals surface area contributed by atoms with Crippen LogP contribution in [0.1, 0.15) is 97.3 Å². The van der Waals surface area contributed by atoms with Crippen LogP contribution in [0.5, 0.6) is 0 Å². The van der Waals surface area contributed by atoms with Crippen LogP contribution >= 0.6 is 11.6 Å². The van der Waals surface area contributed by atoms with Gasteiger partial charge in [0.15, 0.2) is 5.78 Å². The van der Waals surface area contributed by atoms with Crippen LogP contribution in [-0.4, -0.2) is 88.4 Å². The summed E-state index contributed by atoms with van der Waals surface area (Å²) in [6.45, 7) is 4.54. The average Bonchev–Trinajstić information content (AvgIpc) is 3.01. The van der Waals surface area contributed by atoms with Gasteiger partial charge >= 0.3 is 12.0 Å². The first kappa shape index (κ1) is 32.0. The van der Waals surface area contributed by atoms with Crippen LogP contribution in [0.25, 0.3) is 0 Å². The molecule has 0 radical (unpaired) electrons. The molecule has 1 heterocycles. The fraction of sp³-hybridized carbons (Fsp3) is 0.867. The number of Topliss-reactive ketones (excluding diaryl/α,β-unsaturated/α-hetero) is 1. The fourth-order valence-corrected chi connectivity index (χ4v) is 7.75. The molecule has 3 saturated carbocycles. The van der Waals surface area contributed by atoms with E-state index in [-0.39, 0.29) is 59.6 Å². The predicted molar refractivity (Wildman–Crippen MR) is 158 cm³/mol. The first-order valence-electron chi connectivity index (χ1n) is 15.7. The van der Waals surface area contributed by atoms with Crippen molar-refractivity contribution < 1.29 is 24.3 Å². The third-order valence-corrected chi connectivity index (χ3v) is 10.4. The Bertz CT molecular complexity index is 956. The van der Waals surface area contributed by atoms with Gasteiger partial charge in [-0.3, -0.25) is 14.4 Å². The van der Waals surface area contributed by atoms with Crippen LogP contribution < -0.4 is 21.3 Å². The lowest BCUT2D eigenvalue weighted by atomic mass is 9.78. The maximum absolute atomic E-state index is 13.4. The molecule has 0 aromatic heterocycles. The van der Waals surface area contributed by atoms with E-state index in [1.54, 1.807) is 11.9 Å². The SMILES string of the molecule is CN1CC2CCC(NC(C)(C)C(=O)CC3CCC(NC(=O)NC4CCCCC4Cl)CC3)CC2NC(CC(=O)O)C1=O. The molecule has 3 aliphatic carbocycles. The number of carbonyl (C=O) groups excluding carboxylic acids is 3. The van der Waals surface area contributed by atoms with E-state index in [9.17, 15) is 24.3 Å². The molecule has 0 spiro atoms. The summed E-state index contributed by atoms with van der Waals surface area (Å²) in [7, 11) is 1.75. The molecule has 5 N–H and O–H groups in total. The number of ketones is 1. The highest BCUT2D eigenvalue weighted by Gasteiger charge is 2.41. The number of carboxylic acids is 1. The van der Waals surface area contributed by atoms with Crippen molar-refractivity contribution in [1.82, 2.24) is 26.2 Å². The molecule has 1 saturated heterocycles. The Labute approximate surface area is 249 Å². The number of hydrogen-bond acceptors (Lipinski definition) is 6. The van der Waals surface area contributed by atoms with Crippen LogP contribution in [-0.2, 0) is 14.4 Å². The largest absolute Gasteiger partial charge is 0.481 e. The Morgan fingerprint density at radius 3 is 2.34 bits per heavy atom. The molecule has 0 aromatic carbocycles. The van der Waals surface area contributed by atoms with Crippen molar-refractivity contribution in [1.29, 1.82) is 0 Å². The second kappa shape index (κ2) is 14.0. The fourth-order valence-electron chi connectivity index (χ4n) is 7.41. The van der Waals surface area contributed by atoms with E-state index in [4.69, 9.17) is 11.6 Å². The molecular weight excluding hydrogens is 546 g/mol. The van der Waals surface area contributed by atoms with Gasteiger partial charge in [-0.15, -0.1) is 11.6 Å². The van der Waals surface area contributed by atoms with Gasteiger partial charge < -0.3 is 31.3 Å². The summed E-state index contributed by atoms with van der Waals surface area (Å²) in [6, 6.07) is -0.544. The number of fused-ring (bicyclic) bond motifs is 1. The molecule has 6 atom stereocenters. The zero-order chi connectivity index (χ0) is 29.7. The zero-order valence-electron chi connectivity index (χ0n) is 24.9. The Hall–Kier alpha value is -1.91. The predicted octanol–water partition coefficient (Wildman–Crippen LogP) is 3.16. The highest BCUT2D eigenvalue weighted by molar-refractivity contribution is 6.21. The van der Waals surface area contributed by atoms with E-state index >= 15 is 0 Å². The second-order valence-electron chi connectivity index (χ2n) is 13.6. The molecule has 11 heteroatoms. The maximum Gasteiger partial charge on any atom is 0.315 e. The molecule has 232 valence electrons. The highest BCUT2D eigenvalue weighted by Crippen LogP contribution is 2.32. The molecule has 10 nitrogen and oxygen atoms in total. The first-order chi connectivity index (χ1) is 19.4. The van der Waals surface area contributed by atoms with Gasteiger partial charge in [0.25, 0.3) is 0 Å². The van der Waals surface area contributed by atoms with Crippen molar-refractivity contribution >= 4 is 35.3 Å². The number of urea groups is 1. The summed E-state index contributed by atoms with van der Waals surface area (Å²) in [5, 5.41) is 22.4. The van der Waals surface area contributed by atoms with Gasteiger partial charge in [0, 0.05) is 44.2 Å². The van der Waals surface area contributed by atoms with Crippen LogP contribution in [0.2, 0.25) is 0 Å². The zero-order valence-corrected chi connectivity index (χ0v) is 25.7. The van der Waals surface area contributed by atoms with E-state index in [1.165, 1.54) is 0 Å². The summed E-state index contributed by atoms with van der Waals surface area (Å²) in [4.78, 5) is 51.6. The average molecular weight is 596 g/mol. The van der Waals surface area contributed by atoms with Crippen LogP contribution in [0.15, 0.2) is 0 Å². The topological polar surface area (TPSA) is 140 Å². The number of alkyl halides is 1. The molecule has 0 aromatic rings. The van der Waals surface area contributed by atoms with Gasteiger partial charge in [-0.05, 0) is 83.5 Å². The standard InChI is InChI=1S/C30H50ClN5O5/c1-30(2,35-21-13-10-19-17-36(3)28(40)25(16-27(38)39)33-24(19)15-21)26(37)14-18-8-11-20(12-9-18)32-29(41)34-23-7-5-4-6-22(23)31/h18-25,33,35H,4-17H2,1-3H3,(H,38,39)(H2,32,34,41). The molecule has 41 heavy (non-hydrogen) atoms. The Kier molecular flexibility index (Phi) is 11.0. The smallest absolute Gasteiger partial charge is 0.315 e. The molecule has 0 bridgehead atoms.